The zero-order valence-corrected chi connectivity index (χ0v) is 9.11. The molecule has 0 saturated heterocycles. The zero-order valence-electron chi connectivity index (χ0n) is 7.54. The van der Waals surface area contributed by atoms with Crippen LogP contribution in [0.1, 0.15) is 0 Å². The highest BCUT2D eigenvalue weighted by molar-refractivity contribution is 7.98. The molecule has 0 amide bonds. The molecule has 0 bridgehead atoms. The first-order valence-corrected chi connectivity index (χ1v) is 5.34. The first kappa shape index (κ1) is 10.7. The molecule has 0 spiro atoms. The summed E-state index contributed by atoms with van der Waals surface area (Å²) < 4.78 is 10.0. The quantitative estimate of drug-likeness (QED) is 0.572. The fourth-order valence-electron chi connectivity index (χ4n) is 0.882. The second-order valence-electron chi connectivity index (χ2n) is 2.32. The minimum absolute atomic E-state index is 0.220. The summed E-state index contributed by atoms with van der Waals surface area (Å²) in [6.07, 6.45) is 1.97. The van der Waals surface area contributed by atoms with Gasteiger partial charge in [-0.25, -0.2) is 0 Å². The third kappa shape index (κ3) is 2.79. The van der Waals surface area contributed by atoms with Crippen LogP contribution in [-0.4, -0.2) is 20.2 Å². The van der Waals surface area contributed by atoms with E-state index in [-0.39, 0.29) is 6.79 Å². The maximum atomic E-state index is 6.04. The van der Waals surface area contributed by atoms with Gasteiger partial charge in [-0.1, -0.05) is 17.7 Å². The summed E-state index contributed by atoms with van der Waals surface area (Å²) in [5.74, 6) is 0.662. The Kier molecular flexibility index (Phi) is 4.42. The van der Waals surface area contributed by atoms with Gasteiger partial charge in [-0.15, -0.1) is 11.8 Å². The smallest absolute Gasteiger partial charge is 0.188 e. The number of hydrogen-bond acceptors (Lipinski definition) is 3. The predicted molar refractivity (Wildman–Crippen MR) is 55.7 cm³/mol. The van der Waals surface area contributed by atoms with Gasteiger partial charge in [-0.3, -0.25) is 0 Å². The van der Waals surface area contributed by atoms with Crippen LogP contribution in [0.3, 0.4) is 0 Å². The topological polar surface area (TPSA) is 18.5 Å². The number of methoxy groups -OCH3 is 1. The van der Waals surface area contributed by atoms with Gasteiger partial charge < -0.3 is 9.47 Å². The summed E-state index contributed by atoms with van der Waals surface area (Å²) in [7, 11) is 1.58. The van der Waals surface area contributed by atoms with Crippen LogP contribution in [0, 0.1) is 0 Å². The van der Waals surface area contributed by atoms with E-state index in [0.717, 1.165) is 4.90 Å². The van der Waals surface area contributed by atoms with Crippen molar-refractivity contribution in [1.82, 2.24) is 0 Å². The highest BCUT2D eigenvalue weighted by atomic mass is 35.5. The monoisotopic (exact) mass is 218 g/mol. The van der Waals surface area contributed by atoms with Crippen LogP contribution >= 0.6 is 23.4 Å². The molecule has 0 radical (unpaired) electrons. The van der Waals surface area contributed by atoms with Gasteiger partial charge in [0.25, 0.3) is 0 Å². The Morgan fingerprint density at radius 2 is 2.23 bits per heavy atom. The van der Waals surface area contributed by atoms with Gasteiger partial charge in [0.15, 0.2) is 6.79 Å². The van der Waals surface area contributed by atoms with Crippen LogP contribution in [0.4, 0.5) is 0 Å². The van der Waals surface area contributed by atoms with Gasteiger partial charge in [-0.05, 0) is 18.4 Å². The van der Waals surface area contributed by atoms with Crippen molar-refractivity contribution < 1.29 is 9.47 Å². The first-order valence-electron chi connectivity index (χ1n) is 3.74. The molecule has 0 unspecified atom stereocenters. The van der Waals surface area contributed by atoms with Gasteiger partial charge in [0.05, 0.1) is 5.02 Å². The lowest BCUT2D eigenvalue weighted by atomic mass is 10.3. The van der Waals surface area contributed by atoms with Crippen LogP contribution in [-0.2, 0) is 4.74 Å². The Morgan fingerprint density at radius 3 is 2.85 bits per heavy atom. The van der Waals surface area contributed by atoms with Crippen molar-refractivity contribution in [3.63, 3.8) is 0 Å². The second-order valence-corrected chi connectivity index (χ2v) is 3.55. The predicted octanol–water partition coefficient (Wildman–Crippen LogP) is 3.04. The summed E-state index contributed by atoms with van der Waals surface area (Å²) >= 11 is 7.63. The molecule has 0 aliphatic rings. The van der Waals surface area contributed by atoms with Crippen molar-refractivity contribution in [2.24, 2.45) is 0 Å². The average Bonchev–Trinajstić information content (AvgIpc) is 2.16. The van der Waals surface area contributed by atoms with E-state index in [1.807, 2.05) is 24.5 Å². The Balaban J connectivity index is 2.81. The number of ether oxygens (including phenoxy) is 2. The van der Waals surface area contributed by atoms with Gasteiger partial charge in [0, 0.05) is 12.0 Å². The largest absolute Gasteiger partial charge is 0.466 e. The highest BCUT2D eigenvalue weighted by Crippen LogP contribution is 2.33. The standard InChI is InChI=1S/C9H11ClO2S/c1-11-6-12-7-4-3-5-8(13-2)9(7)10/h3-5H,6H2,1-2H3. The Morgan fingerprint density at radius 1 is 1.46 bits per heavy atom. The summed E-state index contributed by atoms with van der Waals surface area (Å²) in [6, 6.07) is 5.68. The van der Waals surface area contributed by atoms with Crippen LogP contribution in [0.2, 0.25) is 5.02 Å². The lowest BCUT2D eigenvalue weighted by Gasteiger charge is -2.08. The number of hydrogen-bond donors (Lipinski definition) is 0. The Bertz CT molecular complexity index is 278. The minimum atomic E-state index is 0.220. The number of thioether (sulfide) groups is 1. The SMILES string of the molecule is COCOc1cccc(SC)c1Cl. The van der Waals surface area contributed by atoms with Crippen LogP contribution in [0.15, 0.2) is 23.1 Å². The van der Waals surface area contributed by atoms with Gasteiger partial charge in [-0.2, -0.15) is 0 Å². The Hall–Kier alpha value is -0.380. The van der Waals surface area contributed by atoms with E-state index in [0.29, 0.717) is 10.8 Å². The number of halogens is 1. The van der Waals surface area contributed by atoms with Crippen molar-refractivity contribution in [1.29, 1.82) is 0 Å². The molecule has 1 aromatic rings. The number of rotatable bonds is 4. The zero-order chi connectivity index (χ0) is 9.68. The molecule has 1 aromatic carbocycles. The molecule has 0 aromatic heterocycles. The summed E-state index contributed by atoms with van der Waals surface area (Å²) in [6.45, 7) is 0.220. The van der Waals surface area contributed by atoms with Gasteiger partial charge in [0.1, 0.15) is 5.75 Å². The lowest BCUT2D eigenvalue weighted by molar-refractivity contribution is 0.0510. The highest BCUT2D eigenvalue weighted by Gasteiger charge is 2.05. The third-order valence-corrected chi connectivity index (χ3v) is 2.76. The van der Waals surface area contributed by atoms with Gasteiger partial charge >= 0.3 is 0 Å². The molecule has 0 fully saturated rings. The summed E-state index contributed by atoms with van der Waals surface area (Å²) in [5.41, 5.74) is 0. The minimum Gasteiger partial charge on any atom is -0.466 e. The molecule has 0 saturated carbocycles. The van der Waals surface area contributed by atoms with Crippen LogP contribution in [0.5, 0.6) is 5.75 Å². The normalized spacial score (nSPS) is 10.1. The van der Waals surface area contributed by atoms with E-state index in [4.69, 9.17) is 21.1 Å². The van der Waals surface area contributed by atoms with E-state index in [1.165, 1.54) is 0 Å². The van der Waals surface area contributed by atoms with E-state index in [1.54, 1.807) is 18.9 Å². The summed E-state index contributed by atoms with van der Waals surface area (Å²) in [5, 5.41) is 0.645. The average molecular weight is 219 g/mol. The maximum absolute atomic E-state index is 6.04. The van der Waals surface area contributed by atoms with Crippen LogP contribution < -0.4 is 4.74 Å². The molecule has 1 rings (SSSR count). The molecule has 0 atom stereocenters. The fourth-order valence-corrected chi connectivity index (χ4v) is 1.79. The molecule has 13 heavy (non-hydrogen) atoms. The Labute approximate surface area is 87.2 Å². The van der Waals surface area contributed by atoms with Crippen molar-refractivity contribution >= 4 is 23.4 Å². The molecule has 0 heterocycles. The van der Waals surface area contributed by atoms with E-state index in [9.17, 15) is 0 Å². The van der Waals surface area contributed by atoms with Crippen molar-refractivity contribution in [2.45, 2.75) is 4.90 Å². The molecule has 72 valence electrons. The molecule has 4 heteroatoms. The molecular weight excluding hydrogens is 208 g/mol. The molecule has 0 aliphatic heterocycles. The first-order chi connectivity index (χ1) is 6.29. The lowest BCUT2D eigenvalue weighted by Crippen LogP contribution is -1.99. The van der Waals surface area contributed by atoms with E-state index in [2.05, 4.69) is 0 Å². The molecular formula is C9H11ClO2S. The van der Waals surface area contributed by atoms with Crippen molar-refractivity contribution in [2.75, 3.05) is 20.2 Å². The van der Waals surface area contributed by atoms with Gasteiger partial charge in [0.2, 0.25) is 0 Å². The fraction of sp³-hybridized carbons (Fsp3) is 0.333. The summed E-state index contributed by atoms with van der Waals surface area (Å²) in [4.78, 5) is 1.01. The number of benzene rings is 1. The third-order valence-electron chi connectivity index (χ3n) is 1.48. The second kappa shape index (κ2) is 5.37. The molecule has 0 aliphatic carbocycles. The van der Waals surface area contributed by atoms with E-state index < -0.39 is 0 Å². The van der Waals surface area contributed by atoms with Crippen molar-refractivity contribution in [3.05, 3.63) is 23.2 Å². The van der Waals surface area contributed by atoms with Crippen molar-refractivity contribution in [3.8, 4) is 5.75 Å². The maximum Gasteiger partial charge on any atom is 0.188 e. The van der Waals surface area contributed by atoms with E-state index >= 15 is 0 Å². The molecule has 2 nitrogen and oxygen atoms in total. The molecule has 0 N–H and O–H groups in total. The van der Waals surface area contributed by atoms with Crippen LogP contribution in [0.25, 0.3) is 0 Å².